The lowest BCUT2D eigenvalue weighted by molar-refractivity contribution is 0.0745. The summed E-state index contributed by atoms with van der Waals surface area (Å²) >= 11 is 0. The normalized spacial score (nSPS) is 17.9. The Hall–Kier alpha value is -2.60. The molecule has 4 rings (SSSR count). The summed E-state index contributed by atoms with van der Waals surface area (Å²) in [6.45, 7) is 8.17. The van der Waals surface area contributed by atoms with Crippen LogP contribution in [-0.2, 0) is 4.74 Å². The Morgan fingerprint density at radius 3 is 2.48 bits per heavy atom. The van der Waals surface area contributed by atoms with Crippen molar-refractivity contribution in [1.29, 1.82) is 0 Å². The Morgan fingerprint density at radius 1 is 0.963 bits per heavy atom. The average Bonchev–Trinajstić information content (AvgIpc) is 2.74. The molecule has 1 aromatic heterocycles. The monoisotopic (exact) mass is 366 g/mol. The molecule has 6 heteroatoms. The number of carbonyl (C=O) groups is 1. The molecule has 2 fully saturated rings. The number of rotatable bonds is 3. The Balaban J connectivity index is 1.45. The van der Waals surface area contributed by atoms with Gasteiger partial charge in [0.2, 0.25) is 0 Å². The molecule has 1 amide bonds. The van der Waals surface area contributed by atoms with Gasteiger partial charge >= 0.3 is 0 Å². The van der Waals surface area contributed by atoms with Gasteiger partial charge in [-0.25, -0.2) is 4.98 Å². The molecule has 1 aromatic carbocycles. The van der Waals surface area contributed by atoms with Crippen molar-refractivity contribution in [2.75, 3.05) is 62.3 Å². The molecule has 2 saturated heterocycles. The molecule has 2 aliphatic heterocycles. The second-order valence-electron chi connectivity index (χ2n) is 7.09. The van der Waals surface area contributed by atoms with Crippen molar-refractivity contribution >= 4 is 17.4 Å². The van der Waals surface area contributed by atoms with Crippen LogP contribution in [0.25, 0.3) is 0 Å². The molecule has 0 saturated carbocycles. The van der Waals surface area contributed by atoms with Crippen molar-refractivity contribution in [2.45, 2.75) is 6.92 Å². The molecule has 0 atom stereocenters. The summed E-state index contributed by atoms with van der Waals surface area (Å²) in [5, 5.41) is 0. The van der Waals surface area contributed by atoms with E-state index in [2.05, 4.69) is 46.0 Å². The fourth-order valence-electron chi connectivity index (χ4n) is 3.75. The van der Waals surface area contributed by atoms with Crippen LogP contribution in [0.1, 0.15) is 15.9 Å². The van der Waals surface area contributed by atoms with Gasteiger partial charge in [0.25, 0.3) is 5.91 Å². The highest BCUT2D eigenvalue weighted by Crippen LogP contribution is 2.22. The molecule has 0 unspecified atom stereocenters. The average molecular weight is 366 g/mol. The van der Waals surface area contributed by atoms with E-state index in [4.69, 9.17) is 4.74 Å². The number of piperazine rings is 1. The van der Waals surface area contributed by atoms with E-state index in [-0.39, 0.29) is 5.91 Å². The van der Waals surface area contributed by atoms with Crippen molar-refractivity contribution in [2.24, 2.45) is 0 Å². The topological polar surface area (TPSA) is 48.9 Å². The first-order valence-corrected chi connectivity index (χ1v) is 9.61. The maximum absolute atomic E-state index is 13.2. The lowest BCUT2D eigenvalue weighted by Gasteiger charge is -2.37. The van der Waals surface area contributed by atoms with Gasteiger partial charge in [0.15, 0.2) is 0 Å². The summed E-state index contributed by atoms with van der Waals surface area (Å²) in [7, 11) is 0. The standard InChI is InChI=1S/C21H26N4O2/c1-17-4-2-5-18(16-17)23-8-10-25(11-9-23)21(26)19-6-3-7-22-20(19)24-12-14-27-15-13-24/h2-7,16H,8-15H2,1H3. The molecular formula is C21H26N4O2. The Kier molecular flexibility index (Phi) is 5.25. The fourth-order valence-corrected chi connectivity index (χ4v) is 3.75. The summed E-state index contributed by atoms with van der Waals surface area (Å²) in [5.74, 6) is 0.861. The van der Waals surface area contributed by atoms with Gasteiger partial charge in [0.1, 0.15) is 5.82 Å². The maximum atomic E-state index is 13.2. The third-order valence-electron chi connectivity index (χ3n) is 5.26. The first kappa shape index (κ1) is 17.8. The SMILES string of the molecule is Cc1cccc(N2CCN(C(=O)c3cccnc3N3CCOCC3)CC2)c1. The van der Waals surface area contributed by atoms with Gasteiger partial charge in [-0.3, -0.25) is 4.79 Å². The second kappa shape index (κ2) is 7.96. The number of nitrogens with zero attached hydrogens (tertiary/aromatic N) is 4. The molecule has 0 N–H and O–H groups in total. The van der Waals surface area contributed by atoms with E-state index in [9.17, 15) is 4.79 Å². The van der Waals surface area contributed by atoms with Crippen LogP contribution in [0.3, 0.4) is 0 Å². The predicted molar refractivity (Wildman–Crippen MR) is 107 cm³/mol. The maximum Gasteiger partial charge on any atom is 0.257 e. The number of aryl methyl sites for hydroxylation is 1. The quantitative estimate of drug-likeness (QED) is 0.833. The fraction of sp³-hybridized carbons (Fsp3) is 0.429. The van der Waals surface area contributed by atoms with Gasteiger partial charge in [-0.2, -0.15) is 0 Å². The Morgan fingerprint density at radius 2 is 1.74 bits per heavy atom. The van der Waals surface area contributed by atoms with Crippen LogP contribution in [0, 0.1) is 6.92 Å². The smallest absolute Gasteiger partial charge is 0.257 e. The van der Waals surface area contributed by atoms with E-state index >= 15 is 0 Å². The largest absolute Gasteiger partial charge is 0.378 e. The highest BCUT2D eigenvalue weighted by molar-refractivity contribution is 5.99. The number of aromatic nitrogens is 1. The molecule has 6 nitrogen and oxygen atoms in total. The highest BCUT2D eigenvalue weighted by atomic mass is 16.5. The van der Waals surface area contributed by atoms with Gasteiger partial charge in [-0.05, 0) is 36.8 Å². The van der Waals surface area contributed by atoms with E-state index in [0.29, 0.717) is 18.8 Å². The molecule has 3 heterocycles. The number of hydrogen-bond donors (Lipinski definition) is 0. The van der Waals surface area contributed by atoms with Gasteiger partial charge in [-0.15, -0.1) is 0 Å². The van der Waals surface area contributed by atoms with Crippen LogP contribution in [0.5, 0.6) is 0 Å². The number of pyridine rings is 1. The predicted octanol–water partition coefficient (Wildman–Crippen LogP) is 2.19. The van der Waals surface area contributed by atoms with Crippen LogP contribution in [0.2, 0.25) is 0 Å². The van der Waals surface area contributed by atoms with Crippen LogP contribution >= 0.6 is 0 Å². The van der Waals surface area contributed by atoms with Crippen molar-refractivity contribution < 1.29 is 9.53 Å². The Bertz CT molecular complexity index is 796. The molecular weight excluding hydrogens is 340 g/mol. The minimum absolute atomic E-state index is 0.0773. The number of carbonyl (C=O) groups excluding carboxylic acids is 1. The van der Waals surface area contributed by atoms with Gasteiger partial charge in [-0.1, -0.05) is 12.1 Å². The van der Waals surface area contributed by atoms with E-state index in [1.54, 1.807) is 6.20 Å². The van der Waals surface area contributed by atoms with Crippen molar-refractivity contribution in [3.05, 3.63) is 53.7 Å². The summed E-state index contributed by atoms with van der Waals surface area (Å²) in [5.41, 5.74) is 3.19. The summed E-state index contributed by atoms with van der Waals surface area (Å²) in [4.78, 5) is 24.1. The zero-order valence-electron chi connectivity index (χ0n) is 15.8. The zero-order chi connectivity index (χ0) is 18.6. The summed E-state index contributed by atoms with van der Waals surface area (Å²) < 4.78 is 5.43. The first-order valence-electron chi connectivity index (χ1n) is 9.61. The van der Waals surface area contributed by atoms with Crippen LogP contribution < -0.4 is 9.80 Å². The van der Waals surface area contributed by atoms with Crippen molar-refractivity contribution in [3.63, 3.8) is 0 Å². The third kappa shape index (κ3) is 3.90. The highest BCUT2D eigenvalue weighted by Gasteiger charge is 2.26. The molecule has 0 bridgehead atoms. The van der Waals surface area contributed by atoms with Crippen molar-refractivity contribution in [3.8, 4) is 0 Å². The van der Waals surface area contributed by atoms with E-state index < -0.39 is 0 Å². The first-order chi connectivity index (χ1) is 13.2. The zero-order valence-corrected chi connectivity index (χ0v) is 15.8. The number of amides is 1. The van der Waals surface area contributed by atoms with Crippen LogP contribution in [-0.4, -0.2) is 68.3 Å². The lowest BCUT2D eigenvalue weighted by atomic mass is 10.1. The second-order valence-corrected chi connectivity index (χ2v) is 7.09. The minimum Gasteiger partial charge on any atom is -0.378 e. The molecule has 2 aromatic rings. The number of morpholine rings is 1. The van der Waals surface area contributed by atoms with Gasteiger partial charge in [0, 0.05) is 51.2 Å². The number of benzene rings is 1. The number of ether oxygens (including phenoxy) is 1. The Labute approximate surface area is 160 Å². The van der Waals surface area contributed by atoms with Crippen LogP contribution in [0.4, 0.5) is 11.5 Å². The summed E-state index contributed by atoms with van der Waals surface area (Å²) in [6, 6.07) is 12.3. The number of anilines is 2. The molecule has 2 aliphatic rings. The van der Waals surface area contributed by atoms with Crippen molar-refractivity contribution in [1.82, 2.24) is 9.88 Å². The summed E-state index contributed by atoms with van der Waals surface area (Å²) in [6.07, 6.45) is 1.76. The van der Waals surface area contributed by atoms with Gasteiger partial charge < -0.3 is 19.4 Å². The molecule has 27 heavy (non-hydrogen) atoms. The van der Waals surface area contributed by atoms with E-state index in [1.165, 1.54) is 11.3 Å². The third-order valence-corrected chi connectivity index (χ3v) is 5.26. The number of hydrogen-bond acceptors (Lipinski definition) is 5. The lowest BCUT2D eigenvalue weighted by Crippen LogP contribution is -2.49. The van der Waals surface area contributed by atoms with E-state index in [0.717, 1.165) is 45.1 Å². The van der Waals surface area contributed by atoms with Crippen LogP contribution in [0.15, 0.2) is 42.6 Å². The molecule has 0 aliphatic carbocycles. The molecule has 0 spiro atoms. The minimum atomic E-state index is 0.0773. The molecule has 142 valence electrons. The van der Waals surface area contributed by atoms with E-state index in [1.807, 2.05) is 17.0 Å². The molecule has 0 radical (unpaired) electrons. The van der Waals surface area contributed by atoms with Gasteiger partial charge in [0.05, 0.1) is 18.8 Å².